The second-order valence-electron chi connectivity index (χ2n) is 8.73. The molecule has 0 aromatic heterocycles. The molecule has 0 spiro atoms. The standard InChI is InChI=1S/C26H52O11Si/c1-5-6-27-7-8-28-9-10-29-11-12-30-13-14-31-15-16-32-17-18-33-19-20-34-21-22-35-23-24-36-25-26-37-38(2,3)4/h1H,6-26H2,2-4H3. The lowest BCUT2D eigenvalue weighted by Crippen LogP contribution is -2.27. The summed E-state index contributed by atoms with van der Waals surface area (Å²) in [6, 6.07) is 0. The second-order valence-corrected chi connectivity index (χ2v) is 13.2. The van der Waals surface area contributed by atoms with Crippen LogP contribution in [0.1, 0.15) is 0 Å². The lowest BCUT2D eigenvalue weighted by molar-refractivity contribution is -0.0264. The first-order valence-corrected chi connectivity index (χ1v) is 16.8. The first-order valence-electron chi connectivity index (χ1n) is 13.4. The molecule has 0 radical (unpaired) electrons. The summed E-state index contributed by atoms with van der Waals surface area (Å²) >= 11 is 0. The minimum Gasteiger partial charge on any atom is -0.415 e. The molecule has 0 atom stereocenters. The van der Waals surface area contributed by atoms with Gasteiger partial charge in [0, 0.05) is 0 Å². The van der Waals surface area contributed by atoms with Gasteiger partial charge in [-0.2, -0.15) is 0 Å². The van der Waals surface area contributed by atoms with Gasteiger partial charge in [0.2, 0.25) is 0 Å². The topological polar surface area (TPSA) is 102 Å². The Balaban J connectivity index is 3.04. The molecule has 0 heterocycles. The summed E-state index contributed by atoms with van der Waals surface area (Å²) in [5.41, 5.74) is 0. The van der Waals surface area contributed by atoms with Gasteiger partial charge < -0.3 is 51.8 Å². The molecule has 0 rings (SSSR count). The van der Waals surface area contributed by atoms with Crippen molar-refractivity contribution >= 4 is 8.32 Å². The molecule has 0 N–H and O–H groups in total. The molecule has 12 heteroatoms. The van der Waals surface area contributed by atoms with Crippen molar-refractivity contribution in [2.75, 3.05) is 139 Å². The largest absolute Gasteiger partial charge is 0.415 e. The summed E-state index contributed by atoms with van der Waals surface area (Å²) in [6.45, 7) is 17.5. The average Bonchev–Trinajstić information content (AvgIpc) is 2.88. The maximum Gasteiger partial charge on any atom is 0.183 e. The molecule has 0 saturated heterocycles. The third kappa shape index (κ3) is 35.3. The van der Waals surface area contributed by atoms with Crippen molar-refractivity contribution in [2.45, 2.75) is 19.6 Å². The number of ether oxygens (including phenoxy) is 10. The van der Waals surface area contributed by atoms with Crippen LogP contribution in [-0.4, -0.2) is 147 Å². The van der Waals surface area contributed by atoms with Crippen molar-refractivity contribution in [2.24, 2.45) is 0 Å². The Morgan fingerprint density at radius 2 is 0.579 bits per heavy atom. The van der Waals surface area contributed by atoms with Gasteiger partial charge in [-0.05, 0) is 19.6 Å². The predicted octanol–water partition coefficient (Wildman–Crippen LogP) is 1.64. The van der Waals surface area contributed by atoms with Crippen LogP contribution in [0.25, 0.3) is 0 Å². The maximum absolute atomic E-state index is 5.71. The molecule has 11 nitrogen and oxygen atoms in total. The Morgan fingerprint density at radius 1 is 0.368 bits per heavy atom. The zero-order valence-electron chi connectivity index (χ0n) is 23.9. The minimum absolute atomic E-state index is 0.311. The Hall–Kier alpha value is -0.663. The maximum atomic E-state index is 5.71. The van der Waals surface area contributed by atoms with Crippen molar-refractivity contribution < 1.29 is 51.8 Å². The smallest absolute Gasteiger partial charge is 0.183 e. The third-order valence-electron chi connectivity index (χ3n) is 4.30. The summed E-state index contributed by atoms with van der Waals surface area (Å²) < 4.78 is 59.7. The first-order chi connectivity index (χ1) is 18.6. The Bertz CT molecular complexity index is 501. The fourth-order valence-electron chi connectivity index (χ4n) is 2.52. The van der Waals surface area contributed by atoms with E-state index in [1.165, 1.54) is 0 Å². The highest BCUT2D eigenvalue weighted by molar-refractivity contribution is 6.69. The zero-order valence-corrected chi connectivity index (χ0v) is 24.9. The zero-order chi connectivity index (χ0) is 27.8. The lowest BCUT2D eigenvalue weighted by Gasteiger charge is -2.16. The van der Waals surface area contributed by atoms with E-state index in [9.17, 15) is 0 Å². The van der Waals surface area contributed by atoms with E-state index < -0.39 is 8.32 Å². The monoisotopic (exact) mass is 568 g/mol. The van der Waals surface area contributed by atoms with Gasteiger partial charge >= 0.3 is 0 Å². The van der Waals surface area contributed by atoms with E-state index in [1.54, 1.807) is 0 Å². The van der Waals surface area contributed by atoms with Crippen LogP contribution in [0.4, 0.5) is 0 Å². The fraction of sp³-hybridized carbons (Fsp3) is 0.923. The van der Waals surface area contributed by atoms with Crippen LogP contribution >= 0.6 is 0 Å². The predicted molar refractivity (Wildman–Crippen MR) is 146 cm³/mol. The molecule has 0 aromatic carbocycles. The molecular weight excluding hydrogens is 516 g/mol. The summed E-state index contributed by atoms with van der Waals surface area (Å²) in [5.74, 6) is 2.40. The van der Waals surface area contributed by atoms with Crippen LogP contribution < -0.4 is 0 Å². The Labute approximate surface area is 231 Å². The molecule has 0 aliphatic rings. The lowest BCUT2D eigenvalue weighted by atomic mass is 10.6. The van der Waals surface area contributed by atoms with E-state index in [-0.39, 0.29) is 0 Å². The number of hydrogen-bond donors (Lipinski definition) is 0. The van der Waals surface area contributed by atoms with Crippen LogP contribution in [0.2, 0.25) is 19.6 Å². The summed E-state index contributed by atoms with van der Waals surface area (Å²) in [5, 5.41) is 0. The Morgan fingerprint density at radius 3 is 0.789 bits per heavy atom. The van der Waals surface area contributed by atoms with Gasteiger partial charge in [-0.1, -0.05) is 5.92 Å². The highest BCUT2D eigenvalue weighted by Crippen LogP contribution is 2.01. The van der Waals surface area contributed by atoms with Gasteiger partial charge in [-0.25, -0.2) is 0 Å². The SMILES string of the molecule is C#CCOCCOCCOCCOCCOCCOCCOCCOCCOCCOCCO[Si](C)(C)C. The molecule has 0 saturated carbocycles. The molecule has 38 heavy (non-hydrogen) atoms. The van der Waals surface area contributed by atoms with Crippen LogP contribution in [0.3, 0.4) is 0 Å². The quantitative estimate of drug-likeness (QED) is 0.0672. The van der Waals surface area contributed by atoms with E-state index in [0.717, 1.165) is 0 Å². The summed E-state index contributed by atoms with van der Waals surface area (Å²) in [4.78, 5) is 0. The normalized spacial score (nSPS) is 11.7. The minimum atomic E-state index is -1.45. The van der Waals surface area contributed by atoms with Gasteiger partial charge in [0.15, 0.2) is 8.32 Å². The highest BCUT2D eigenvalue weighted by atomic mass is 28.4. The second kappa shape index (κ2) is 30.9. The molecule has 0 fully saturated rings. The number of rotatable bonds is 32. The van der Waals surface area contributed by atoms with Crippen molar-refractivity contribution in [1.82, 2.24) is 0 Å². The number of hydrogen-bond acceptors (Lipinski definition) is 11. The molecule has 0 unspecified atom stereocenters. The molecule has 0 bridgehead atoms. The highest BCUT2D eigenvalue weighted by Gasteiger charge is 2.13. The van der Waals surface area contributed by atoms with Crippen LogP contribution in [-0.2, 0) is 51.8 Å². The molecular formula is C26H52O11Si. The van der Waals surface area contributed by atoms with E-state index in [0.29, 0.717) is 139 Å². The van der Waals surface area contributed by atoms with Gasteiger partial charge in [0.25, 0.3) is 0 Å². The van der Waals surface area contributed by atoms with E-state index in [4.69, 9.17) is 58.2 Å². The van der Waals surface area contributed by atoms with Crippen molar-refractivity contribution in [3.8, 4) is 12.3 Å². The first kappa shape index (κ1) is 37.3. The molecule has 0 aliphatic heterocycles. The fourth-order valence-corrected chi connectivity index (χ4v) is 3.21. The molecule has 226 valence electrons. The van der Waals surface area contributed by atoms with Crippen LogP contribution in [0.5, 0.6) is 0 Å². The van der Waals surface area contributed by atoms with Crippen molar-refractivity contribution in [3.63, 3.8) is 0 Å². The van der Waals surface area contributed by atoms with E-state index in [2.05, 4.69) is 25.6 Å². The van der Waals surface area contributed by atoms with Crippen LogP contribution in [0.15, 0.2) is 0 Å². The summed E-state index contributed by atoms with van der Waals surface area (Å²) in [6.07, 6.45) is 5.07. The van der Waals surface area contributed by atoms with Gasteiger partial charge in [-0.3, -0.25) is 0 Å². The molecule has 0 aromatic rings. The number of terminal acetylenes is 1. The average molecular weight is 569 g/mol. The van der Waals surface area contributed by atoms with Gasteiger partial charge in [0.1, 0.15) is 6.61 Å². The van der Waals surface area contributed by atoms with Crippen molar-refractivity contribution in [3.05, 3.63) is 0 Å². The third-order valence-corrected chi connectivity index (χ3v) is 5.37. The van der Waals surface area contributed by atoms with E-state index in [1.807, 2.05) is 0 Å². The van der Waals surface area contributed by atoms with E-state index >= 15 is 0 Å². The molecule has 0 amide bonds. The Kier molecular flexibility index (Phi) is 30.3. The van der Waals surface area contributed by atoms with Gasteiger partial charge in [-0.15, -0.1) is 6.42 Å². The molecule has 0 aliphatic carbocycles. The summed E-state index contributed by atoms with van der Waals surface area (Å²) in [7, 11) is -1.45. The van der Waals surface area contributed by atoms with Crippen molar-refractivity contribution in [1.29, 1.82) is 0 Å². The van der Waals surface area contributed by atoms with Gasteiger partial charge in [0.05, 0.1) is 132 Å². The van der Waals surface area contributed by atoms with Crippen LogP contribution in [0, 0.1) is 12.3 Å².